The van der Waals surface area contributed by atoms with Crippen LogP contribution in [0.1, 0.15) is 18.7 Å². The lowest BCUT2D eigenvalue weighted by Crippen LogP contribution is -2.48. The zero-order valence-corrected chi connectivity index (χ0v) is 13.0. The summed E-state index contributed by atoms with van der Waals surface area (Å²) in [5, 5.41) is 5.91. The molecule has 0 unspecified atom stereocenters. The molecule has 1 aromatic rings. The minimum atomic E-state index is -3.76. The number of hydrogen-bond acceptors (Lipinski definition) is 5. The molecule has 8 nitrogen and oxygen atoms in total. The molecule has 1 aliphatic rings. The van der Waals surface area contributed by atoms with Crippen molar-refractivity contribution in [2.75, 3.05) is 19.6 Å². The quantitative estimate of drug-likeness (QED) is 0.638. The SMILES string of the molecule is Cc1nc(S(=O)(=O)NCC(=O)N[C@H]2CCCNC2)cn1C. The first-order valence-corrected chi connectivity index (χ1v) is 8.36. The fraction of sp³-hybridized carbons (Fsp3) is 0.667. The average Bonchev–Trinajstić information content (AvgIpc) is 2.79. The van der Waals surface area contributed by atoms with E-state index in [-0.39, 0.29) is 23.5 Å². The number of piperidine rings is 1. The number of carbonyl (C=O) groups excluding carboxylic acids is 1. The lowest BCUT2D eigenvalue weighted by Gasteiger charge is -2.23. The second kappa shape index (κ2) is 6.54. The fourth-order valence-electron chi connectivity index (χ4n) is 2.14. The van der Waals surface area contributed by atoms with Gasteiger partial charge in [0.15, 0.2) is 5.03 Å². The Hall–Kier alpha value is -1.45. The molecule has 21 heavy (non-hydrogen) atoms. The molecule has 0 aliphatic carbocycles. The van der Waals surface area contributed by atoms with Gasteiger partial charge in [-0.2, -0.15) is 0 Å². The van der Waals surface area contributed by atoms with E-state index in [1.54, 1.807) is 18.5 Å². The van der Waals surface area contributed by atoms with Gasteiger partial charge in [0, 0.05) is 25.8 Å². The molecule has 2 rings (SSSR count). The number of imidazole rings is 1. The lowest BCUT2D eigenvalue weighted by molar-refractivity contribution is -0.120. The Morgan fingerprint density at radius 1 is 1.57 bits per heavy atom. The Bertz CT molecular complexity index is 585. The number of sulfonamides is 1. The van der Waals surface area contributed by atoms with Crippen molar-refractivity contribution in [1.82, 2.24) is 24.9 Å². The Labute approximate surface area is 124 Å². The summed E-state index contributed by atoms with van der Waals surface area (Å²) >= 11 is 0. The van der Waals surface area contributed by atoms with Crippen LogP contribution >= 0.6 is 0 Å². The summed E-state index contributed by atoms with van der Waals surface area (Å²) in [6.07, 6.45) is 3.33. The van der Waals surface area contributed by atoms with E-state index in [1.807, 2.05) is 0 Å². The second-order valence-electron chi connectivity index (χ2n) is 5.17. The van der Waals surface area contributed by atoms with Gasteiger partial charge in [0.1, 0.15) is 5.82 Å². The summed E-state index contributed by atoms with van der Waals surface area (Å²) in [6, 6.07) is 0.0628. The number of amides is 1. The molecular formula is C12H21N5O3S. The molecular weight excluding hydrogens is 294 g/mol. The maximum absolute atomic E-state index is 12.0. The molecule has 118 valence electrons. The van der Waals surface area contributed by atoms with Crippen molar-refractivity contribution in [2.45, 2.75) is 30.8 Å². The molecule has 0 bridgehead atoms. The van der Waals surface area contributed by atoms with E-state index in [1.165, 1.54) is 6.20 Å². The number of rotatable bonds is 5. The number of aryl methyl sites for hydroxylation is 2. The third kappa shape index (κ3) is 4.26. The first-order valence-electron chi connectivity index (χ1n) is 6.88. The highest BCUT2D eigenvalue weighted by atomic mass is 32.2. The monoisotopic (exact) mass is 315 g/mol. The molecule has 1 amide bonds. The third-order valence-corrected chi connectivity index (χ3v) is 4.72. The molecule has 1 saturated heterocycles. The predicted octanol–water partition coefficient (Wildman–Crippen LogP) is -1.12. The largest absolute Gasteiger partial charge is 0.351 e. The second-order valence-corrected chi connectivity index (χ2v) is 6.89. The average molecular weight is 315 g/mol. The van der Waals surface area contributed by atoms with Crippen LogP contribution in [0.3, 0.4) is 0 Å². The van der Waals surface area contributed by atoms with Gasteiger partial charge in [0.2, 0.25) is 5.91 Å². The molecule has 9 heteroatoms. The van der Waals surface area contributed by atoms with E-state index in [2.05, 4.69) is 20.3 Å². The third-order valence-electron chi connectivity index (χ3n) is 3.45. The van der Waals surface area contributed by atoms with Crippen molar-refractivity contribution in [3.05, 3.63) is 12.0 Å². The van der Waals surface area contributed by atoms with Gasteiger partial charge in [-0.05, 0) is 26.3 Å². The van der Waals surface area contributed by atoms with Crippen molar-refractivity contribution in [3.63, 3.8) is 0 Å². The van der Waals surface area contributed by atoms with Gasteiger partial charge in [0.05, 0.1) is 6.54 Å². The van der Waals surface area contributed by atoms with Crippen LogP contribution in [-0.2, 0) is 21.9 Å². The normalized spacial score (nSPS) is 19.4. The van der Waals surface area contributed by atoms with Crippen LogP contribution in [0.15, 0.2) is 11.2 Å². The number of nitrogens with zero attached hydrogens (tertiary/aromatic N) is 2. The standard InChI is InChI=1S/C12H21N5O3S/c1-9-15-12(8-17(9)2)21(19,20)14-7-11(18)16-10-4-3-5-13-6-10/h8,10,13-14H,3-7H2,1-2H3,(H,16,18)/t10-/m0/s1. The van der Waals surface area contributed by atoms with Crippen LogP contribution in [-0.4, -0.2) is 49.6 Å². The van der Waals surface area contributed by atoms with Crippen LogP contribution < -0.4 is 15.4 Å². The van der Waals surface area contributed by atoms with Gasteiger partial charge in [-0.25, -0.2) is 18.1 Å². The Morgan fingerprint density at radius 2 is 2.33 bits per heavy atom. The summed E-state index contributed by atoms with van der Waals surface area (Å²) in [5.74, 6) is 0.257. The first kappa shape index (κ1) is 15.9. The number of aromatic nitrogens is 2. The van der Waals surface area contributed by atoms with Gasteiger partial charge >= 0.3 is 0 Å². The fourth-order valence-corrected chi connectivity index (χ4v) is 3.16. The Kier molecular flexibility index (Phi) is 4.96. The molecule has 3 N–H and O–H groups in total. The zero-order chi connectivity index (χ0) is 15.5. The highest BCUT2D eigenvalue weighted by Crippen LogP contribution is 2.07. The zero-order valence-electron chi connectivity index (χ0n) is 12.2. The molecule has 1 atom stereocenters. The molecule has 0 saturated carbocycles. The smallest absolute Gasteiger partial charge is 0.260 e. The van der Waals surface area contributed by atoms with Crippen molar-refractivity contribution in [2.24, 2.45) is 7.05 Å². The molecule has 1 fully saturated rings. The number of carbonyl (C=O) groups is 1. The predicted molar refractivity (Wildman–Crippen MR) is 77.2 cm³/mol. The van der Waals surface area contributed by atoms with E-state index in [9.17, 15) is 13.2 Å². The minimum Gasteiger partial charge on any atom is -0.351 e. The highest BCUT2D eigenvalue weighted by Gasteiger charge is 2.21. The maximum Gasteiger partial charge on any atom is 0.260 e. The Balaban J connectivity index is 1.87. The van der Waals surface area contributed by atoms with Crippen molar-refractivity contribution >= 4 is 15.9 Å². The summed E-state index contributed by atoms with van der Waals surface area (Å²) in [4.78, 5) is 15.7. The molecule has 1 aromatic heterocycles. The minimum absolute atomic E-state index is 0.0628. The first-order chi connectivity index (χ1) is 9.88. The summed E-state index contributed by atoms with van der Waals surface area (Å²) in [7, 11) is -2.04. The van der Waals surface area contributed by atoms with Crippen LogP contribution in [0.4, 0.5) is 0 Å². The van der Waals surface area contributed by atoms with Crippen LogP contribution in [0, 0.1) is 6.92 Å². The molecule has 1 aliphatic heterocycles. The summed E-state index contributed by atoms with van der Waals surface area (Å²) in [5.41, 5.74) is 0. The summed E-state index contributed by atoms with van der Waals surface area (Å²) < 4.78 is 27.9. The van der Waals surface area contributed by atoms with E-state index in [0.29, 0.717) is 5.82 Å². The van der Waals surface area contributed by atoms with Gasteiger partial charge < -0.3 is 15.2 Å². The van der Waals surface area contributed by atoms with E-state index >= 15 is 0 Å². The number of hydrogen-bond donors (Lipinski definition) is 3. The van der Waals surface area contributed by atoms with Gasteiger partial charge in [0.25, 0.3) is 10.0 Å². The van der Waals surface area contributed by atoms with Gasteiger partial charge in [-0.1, -0.05) is 0 Å². The molecule has 2 heterocycles. The van der Waals surface area contributed by atoms with Crippen molar-refractivity contribution in [1.29, 1.82) is 0 Å². The van der Waals surface area contributed by atoms with Gasteiger partial charge in [-0.3, -0.25) is 4.79 Å². The maximum atomic E-state index is 12.0. The summed E-state index contributed by atoms with van der Waals surface area (Å²) in [6.45, 7) is 3.10. The van der Waals surface area contributed by atoms with Crippen LogP contribution in [0.2, 0.25) is 0 Å². The Morgan fingerprint density at radius 3 is 2.90 bits per heavy atom. The number of nitrogens with one attached hydrogen (secondary N) is 3. The molecule has 0 spiro atoms. The molecule has 0 aromatic carbocycles. The highest BCUT2D eigenvalue weighted by molar-refractivity contribution is 7.89. The van der Waals surface area contributed by atoms with Crippen molar-refractivity contribution in [3.8, 4) is 0 Å². The van der Waals surface area contributed by atoms with E-state index < -0.39 is 10.0 Å². The van der Waals surface area contributed by atoms with E-state index in [0.717, 1.165) is 25.9 Å². The lowest BCUT2D eigenvalue weighted by atomic mass is 10.1. The van der Waals surface area contributed by atoms with Crippen molar-refractivity contribution < 1.29 is 13.2 Å². The van der Waals surface area contributed by atoms with Crippen LogP contribution in [0.25, 0.3) is 0 Å². The topological polar surface area (TPSA) is 105 Å². The van der Waals surface area contributed by atoms with Crippen LogP contribution in [0.5, 0.6) is 0 Å². The molecule has 0 radical (unpaired) electrons. The van der Waals surface area contributed by atoms with E-state index in [4.69, 9.17) is 0 Å². The van der Waals surface area contributed by atoms with Gasteiger partial charge in [-0.15, -0.1) is 0 Å².